The summed E-state index contributed by atoms with van der Waals surface area (Å²) in [6.45, 7) is 4.10. The van der Waals surface area contributed by atoms with Crippen molar-refractivity contribution in [3.05, 3.63) is 29.8 Å². The van der Waals surface area contributed by atoms with Crippen molar-refractivity contribution in [3.8, 4) is 5.75 Å². The second-order valence-electron chi connectivity index (χ2n) is 3.73. The third-order valence-corrected chi connectivity index (χ3v) is 2.42. The lowest BCUT2D eigenvalue weighted by atomic mass is 10.2. The molecule has 1 rings (SSSR count). The number of rotatable bonds is 6. The summed E-state index contributed by atoms with van der Waals surface area (Å²) in [5.41, 5.74) is 0.353. The Morgan fingerprint density at radius 1 is 1.28 bits per heavy atom. The molecule has 0 aliphatic heterocycles. The fourth-order valence-electron chi connectivity index (χ4n) is 1.22. The zero-order chi connectivity index (χ0) is 13.5. The maximum atomic E-state index is 11.6. The predicted molar refractivity (Wildman–Crippen MR) is 68.0 cm³/mol. The van der Waals surface area contributed by atoms with E-state index in [4.69, 9.17) is 21.1 Å². The third-order valence-electron chi connectivity index (χ3n) is 2.20. The van der Waals surface area contributed by atoms with Crippen molar-refractivity contribution in [2.45, 2.75) is 26.4 Å². The Hall–Kier alpha value is -1.39. The van der Waals surface area contributed by atoms with Crippen molar-refractivity contribution in [1.82, 2.24) is 0 Å². The summed E-state index contributed by atoms with van der Waals surface area (Å²) >= 11 is 5.30. The van der Waals surface area contributed by atoms with E-state index in [2.05, 4.69) is 0 Å². The second-order valence-corrected chi connectivity index (χ2v) is 4.08. The van der Waals surface area contributed by atoms with E-state index in [-0.39, 0.29) is 0 Å². The third kappa shape index (κ3) is 4.47. The first kappa shape index (κ1) is 14.7. The Morgan fingerprint density at radius 2 is 1.89 bits per heavy atom. The van der Waals surface area contributed by atoms with Crippen LogP contribution in [-0.2, 0) is 9.53 Å². The van der Waals surface area contributed by atoms with Crippen molar-refractivity contribution in [2.75, 3.05) is 6.61 Å². The second kappa shape index (κ2) is 7.13. The van der Waals surface area contributed by atoms with Crippen LogP contribution in [0.1, 0.15) is 30.6 Å². The van der Waals surface area contributed by atoms with E-state index < -0.39 is 17.3 Å². The minimum atomic E-state index is -0.612. The molecule has 0 aliphatic rings. The molecule has 1 aromatic carbocycles. The SMILES string of the molecule is CCCOC(C)C(=O)Oc1ccc(C(=O)Cl)cc1. The normalized spacial score (nSPS) is 11.9. The van der Waals surface area contributed by atoms with E-state index in [0.29, 0.717) is 17.9 Å². The Labute approximate surface area is 111 Å². The number of hydrogen-bond acceptors (Lipinski definition) is 4. The minimum absolute atomic E-state index is 0.353. The highest BCUT2D eigenvalue weighted by molar-refractivity contribution is 6.67. The van der Waals surface area contributed by atoms with E-state index in [9.17, 15) is 9.59 Å². The zero-order valence-electron chi connectivity index (χ0n) is 10.3. The van der Waals surface area contributed by atoms with Crippen LogP contribution in [0.3, 0.4) is 0 Å². The Kier molecular flexibility index (Phi) is 5.82. The molecular formula is C13H15ClO4. The topological polar surface area (TPSA) is 52.6 Å². The Bertz CT molecular complexity index is 414. The molecule has 0 aliphatic carbocycles. The standard InChI is InChI=1S/C13H15ClO4/c1-3-8-17-9(2)13(16)18-11-6-4-10(5-7-11)12(14)15/h4-7,9H,3,8H2,1-2H3. The Morgan fingerprint density at radius 3 is 2.39 bits per heavy atom. The molecule has 1 atom stereocenters. The molecule has 0 spiro atoms. The van der Waals surface area contributed by atoms with Gasteiger partial charge in [0.2, 0.25) is 0 Å². The molecule has 0 fully saturated rings. The van der Waals surface area contributed by atoms with Crippen molar-refractivity contribution >= 4 is 22.8 Å². The van der Waals surface area contributed by atoms with Crippen molar-refractivity contribution in [2.24, 2.45) is 0 Å². The van der Waals surface area contributed by atoms with Gasteiger partial charge in [0.05, 0.1) is 0 Å². The van der Waals surface area contributed by atoms with Gasteiger partial charge in [-0.25, -0.2) is 4.79 Å². The molecule has 98 valence electrons. The van der Waals surface area contributed by atoms with Gasteiger partial charge in [-0.15, -0.1) is 0 Å². The van der Waals surface area contributed by atoms with E-state index in [1.165, 1.54) is 24.3 Å². The van der Waals surface area contributed by atoms with Gasteiger partial charge in [-0.05, 0) is 49.2 Å². The molecule has 0 amide bonds. The molecule has 0 radical (unpaired) electrons. The number of ether oxygens (including phenoxy) is 2. The fourth-order valence-corrected chi connectivity index (χ4v) is 1.34. The van der Waals surface area contributed by atoms with Gasteiger partial charge >= 0.3 is 5.97 Å². The van der Waals surface area contributed by atoms with Crippen LogP contribution in [0.15, 0.2) is 24.3 Å². The number of benzene rings is 1. The average molecular weight is 271 g/mol. The first-order chi connectivity index (χ1) is 8.54. The number of carbonyl (C=O) groups excluding carboxylic acids is 2. The van der Waals surface area contributed by atoms with Gasteiger partial charge in [-0.1, -0.05) is 6.92 Å². The summed E-state index contributed by atoms with van der Waals surface area (Å²) in [7, 11) is 0. The lowest BCUT2D eigenvalue weighted by molar-refractivity contribution is -0.146. The molecular weight excluding hydrogens is 256 g/mol. The van der Waals surface area contributed by atoms with Crippen molar-refractivity contribution < 1.29 is 19.1 Å². The molecule has 1 aromatic rings. The van der Waals surface area contributed by atoms with Gasteiger partial charge in [0.25, 0.3) is 5.24 Å². The van der Waals surface area contributed by atoms with Crippen LogP contribution in [0.2, 0.25) is 0 Å². The maximum absolute atomic E-state index is 11.6. The highest BCUT2D eigenvalue weighted by Gasteiger charge is 2.15. The smallest absolute Gasteiger partial charge is 0.340 e. The van der Waals surface area contributed by atoms with Gasteiger partial charge in [-0.3, -0.25) is 4.79 Å². The molecule has 5 heteroatoms. The summed E-state index contributed by atoms with van der Waals surface area (Å²) in [5, 5.41) is -0.549. The summed E-state index contributed by atoms with van der Waals surface area (Å²) in [5.74, 6) is -0.109. The summed E-state index contributed by atoms with van der Waals surface area (Å²) < 4.78 is 10.3. The summed E-state index contributed by atoms with van der Waals surface area (Å²) in [4.78, 5) is 22.4. The first-order valence-corrected chi connectivity index (χ1v) is 6.05. The van der Waals surface area contributed by atoms with E-state index in [1.54, 1.807) is 6.92 Å². The Balaban J connectivity index is 2.56. The fraction of sp³-hybridized carbons (Fsp3) is 0.385. The zero-order valence-corrected chi connectivity index (χ0v) is 11.1. The molecule has 4 nitrogen and oxygen atoms in total. The number of carbonyl (C=O) groups is 2. The van der Waals surface area contributed by atoms with Crippen LogP contribution in [0, 0.1) is 0 Å². The molecule has 0 N–H and O–H groups in total. The molecule has 0 saturated carbocycles. The van der Waals surface area contributed by atoms with Crippen LogP contribution >= 0.6 is 11.6 Å². The average Bonchev–Trinajstić information content (AvgIpc) is 2.36. The van der Waals surface area contributed by atoms with Crippen molar-refractivity contribution in [1.29, 1.82) is 0 Å². The highest BCUT2D eigenvalue weighted by atomic mass is 35.5. The van der Waals surface area contributed by atoms with Crippen LogP contribution < -0.4 is 4.74 Å². The monoisotopic (exact) mass is 270 g/mol. The van der Waals surface area contributed by atoms with Crippen LogP contribution in [-0.4, -0.2) is 23.9 Å². The van der Waals surface area contributed by atoms with E-state index in [0.717, 1.165) is 6.42 Å². The van der Waals surface area contributed by atoms with Gasteiger partial charge in [0, 0.05) is 12.2 Å². The van der Waals surface area contributed by atoms with Gasteiger partial charge in [0.1, 0.15) is 5.75 Å². The highest BCUT2D eigenvalue weighted by Crippen LogP contribution is 2.14. The van der Waals surface area contributed by atoms with Crippen LogP contribution in [0.5, 0.6) is 5.75 Å². The molecule has 0 bridgehead atoms. The molecule has 18 heavy (non-hydrogen) atoms. The molecule has 0 heterocycles. The lowest BCUT2D eigenvalue weighted by Gasteiger charge is -2.11. The van der Waals surface area contributed by atoms with Gasteiger partial charge in [-0.2, -0.15) is 0 Å². The first-order valence-electron chi connectivity index (χ1n) is 5.67. The summed E-state index contributed by atoms with van der Waals surface area (Å²) in [6, 6.07) is 6.02. The lowest BCUT2D eigenvalue weighted by Crippen LogP contribution is -2.26. The molecule has 0 saturated heterocycles. The number of halogens is 1. The number of esters is 1. The van der Waals surface area contributed by atoms with Crippen molar-refractivity contribution in [3.63, 3.8) is 0 Å². The van der Waals surface area contributed by atoms with Crippen LogP contribution in [0.25, 0.3) is 0 Å². The van der Waals surface area contributed by atoms with Gasteiger partial charge < -0.3 is 9.47 Å². The largest absolute Gasteiger partial charge is 0.425 e. The summed E-state index contributed by atoms with van der Waals surface area (Å²) in [6.07, 6.45) is 0.226. The van der Waals surface area contributed by atoms with E-state index >= 15 is 0 Å². The predicted octanol–water partition coefficient (Wildman–Crippen LogP) is 2.79. The molecule has 1 unspecified atom stereocenters. The minimum Gasteiger partial charge on any atom is -0.425 e. The maximum Gasteiger partial charge on any atom is 0.340 e. The number of hydrogen-bond donors (Lipinski definition) is 0. The van der Waals surface area contributed by atoms with Crippen LogP contribution in [0.4, 0.5) is 0 Å². The van der Waals surface area contributed by atoms with Gasteiger partial charge in [0.15, 0.2) is 6.10 Å². The van der Waals surface area contributed by atoms with E-state index in [1.807, 2.05) is 6.92 Å². The quantitative estimate of drug-likeness (QED) is 0.453. The molecule has 0 aromatic heterocycles.